The molecule has 6 heteroatoms. The van der Waals surface area contributed by atoms with E-state index >= 15 is 0 Å². The van der Waals surface area contributed by atoms with Crippen LogP contribution >= 0.6 is 0 Å². The number of amides is 2. The molecule has 0 bridgehead atoms. The Morgan fingerprint density at radius 1 is 1.29 bits per heavy atom. The van der Waals surface area contributed by atoms with Gasteiger partial charge in [-0.05, 0) is 25.5 Å². The minimum atomic E-state index is -1.09. The number of hydrogen-bond donors (Lipinski definition) is 1. The standard InChI is InChI=1S/C15H18N2O4/c1-11-4-6-12(7-5-11)17(10-15(20)21)14(19)9-16-8-2-3-13(16)18/h4-7H,2-3,8-10H2,1H3,(H,20,21). The molecule has 1 aromatic carbocycles. The lowest BCUT2D eigenvalue weighted by Gasteiger charge is -2.24. The monoisotopic (exact) mass is 290 g/mol. The van der Waals surface area contributed by atoms with E-state index in [1.165, 1.54) is 9.80 Å². The molecule has 0 spiro atoms. The summed E-state index contributed by atoms with van der Waals surface area (Å²) in [4.78, 5) is 37.6. The van der Waals surface area contributed by atoms with Crippen LogP contribution in [-0.2, 0) is 14.4 Å². The van der Waals surface area contributed by atoms with Gasteiger partial charge in [0, 0.05) is 18.7 Å². The lowest BCUT2D eigenvalue weighted by molar-refractivity contribution is -0.137. The molecule has 1 fully saturated rings. The highest BCUT2D eigenvalue weighted by Crippen LogP contribution is 2.17. The minimum absolute atomic E-state index is 0.0532. The Labute approximate surface area is 123 Å². The van der Waals surface area contributed by atoms with Gasteiger partial charge in [-0.3, -0.25) is 19.3 Å². The van der Waals surface area contributed by atoms with Crippen LogP contribution in [-0.4, -0.2) is 47.4 Å². The lowest BCUT2D eigenvalue weighted by Crippen LogP contribution is -2.43. The molecule has 112 valence electrons. The third kappa shape index (κ3) is 3.81. The number of nitrogens with zero attached hydrogens (tertiary/aromatic N) is 2. The van der Waals surface area contributed by atoms with E-state index in [1.807, 2.05) is 19.1 Å². The Hall–Kier alpha value is -2.37. The molecule has 0 radical (unpaired) electrons. The Kier molecular flexibility index (Phi) is 4.57. The highest BCUT2D eigenvalue weighted by Gasteiger charge is 2.26. The number of carboxylic acids is 1. The number of benzene rings is 1. The Balaban J connectivity index is 2.14. The first-order chi connectivity index (χ1) is 9.97. The number of likely N-dealkylation sites (tertiary alicyclic amines) is 1. The van der Waals surface area contributed by atoms with Gasteiger partial charge in [-0.2, -0.15) is 0 Å². The van der Waals surface area contributed by atoms with E-state index in [0.717, 1.165) is 12.0 Å². The van der Waals surface area contributed by atoms with Crippen LogP contribution in [0.25, 0.3) is 0 Å². The number of rotatable bonds is 5. The molecule has 1 aliphatic heterocycles. The zero-order chi connectivity index (χ0) is 15.4. The van der Waals surface area contributed by atoms with Crippen molar-refractivity contribution in [1.29, 1.82) is 0 Å². The molecule has 1 aliphatic rings. The van der Waals surface area contributed by atoms with Gasteiger partial charge in [0.2, 0.25) is 11.8 Å². The molecule has 1 N–H and O–H groups in total. The zero-order valence-corrected chi connectivity index (χ0v) is 11.9. The number of aryl methyl sites for hydroxylation is 1. The third-order valence-electron chi connectivity index (χ3n) is 3.44. The maximum atomic E-state index is 12.3. The maximum absolute atomic E-state index is 12.3. The fourth-order valence-electron chi connectivity index (χ4n) is 2.30. The topological polar surface area (TPSA) is 77.9 Å². The molecule has 0 atom stereocenters. The van der Waals surface area contributed by atoms with Gasteiger partial charge < -0.3 is 10.0 Å². The summed E-state index contributed by atoms with van der Waals surface area (Å²) >= 11 is 0. The van der Waals surface area contributed by atoms with Crippen molar-refractivity contribution in [2.45, 2.75) is 19.8 Å². The molecule has 0 aromatic heterocycles. The summed E-state index contributed by atoms with van der Waals surface area (Å²) in [6.07, 6.45) is 1.20. The summed E-state index contributed by atoms with van der Waals surface area (Å²) in [5.74, 6) is -1.52. The average Bonchev–Trinajstić information content (AvgIpc) is 2.82. The lowest BCUT2D eigenvalue weighted by atomic mass is 10.2. The summed E-state index contributed by atoms with van der Waals surface area (Å²) < 4.78 is 0. The van der Waals surface area contributed by atoms with Crippen LogP contribution in [0.2, 0.25) is 0 Å². The number of aliphatic carboxylic acids is 1. The number of carbonyl (C=O) groups is 3. The predicted octanol–water partition coefficient (Wildman–Crippen LogP) is 1.04. The van der Waals surface area contributed by atoms with E-state index in [9.17, 15) is 14.4 Å². The van der Waals surface area contributed by atoms with E-state index in [2.05, 4.69) is 0 Å². The molecular weight excluding hydrogens is 272 g/mol. The average molecular weight is 290 g/mol. The van der Waals surface area contributed by atoms with Crippen molar-refractivity contribution in [1.82, 2.24) is 4.90 Å². The van der Waals surface area contributed by atoms with Crippen molar-refractivity contribution >= 4 is 23.5 Å². The Morgan fingerprint density at radius 3 is 2.48 bits per heavy atom. The molecular formula is C15H18N2O4. The van der Waals surface area contributed by atoms with Crippen molar-refractivity contribution in [3.8, 4) is 0 Å². The summed E-state index contributed by atoms with van der Waals surface area (Å²) in [5, 5.41) is 8.99. The quantitative estimate of drug-likeness (QED) is 0.878. The van der Waals surface area contributed by atoms with Crippen LogP contribution in [0.3, 0.4) is 0 Å². The molecule has 1 heterocycles. The normalized spacial score (nSPS) is 14.3. The molecule has 2 amide bonds. The van der Waals surface area contributed by atoms with Crippen molar-refractivity contribution in [2.75, 3.05) is 24.5 Å². The summed E-state index contributed by atoms with van der Waals surface area (Å²) in [7, 11) is 0. The largest absolute Gasteiger partial charge is 0.480 e. The first-order valence-corrected chi connectivity index (χ1v) is 6.84. The fourth-order valence-corrected chi connectivity index (χ4v) is 2.30. The minimum Gasteiger partial charge on any atom is -0.480 e. The number of carbonyl (C=O) groups excluding carboxylic acids is 2. The molecule has 0 unspecified atom stereocenters. The van der Waals surface area contributed by atoms with Gasteiger partial charge in [-0.15, -0.1) is 0 Å². The van der Waals surface area contributed by atoms with Crippen LogP contribution in [0.4, 0.5) is 5.69 Å². The third-order valence-corrected chi connectivity index (χ3v) is 3.44. The van der Waals surface area contributed by atoms with E-state index in [1.54, 1.807) is 12.1 Å². The number of carboxylic acid groups (broad SMARTS) is 1. The van der Waals surface area contributed by atoms with E-state index in [-0.39, 0.29) is 18.4 Å². The first-order valence-electron chi connectivity index (χ1n) is 6.84. The van der Waals surface area contributed by atoms with Crippen molar-refractivity contribution in [2.24, 2.45) is 0 Å². The van der Waals surface area contributed by atoms with Gasteiger partial charge in [0.25, 0.3) is 0 Å². The maximum Gasteiger partial charge on any atom is 0.323 e. The van der Waals surface area contributed by atoms with Gasteiger partial charge in [0.05, 0.1) is 0 Å². The second-order valence-electron chi connectivity index (χ2n) is 5.13. The van der Waals surface area contributed by atoms with Crippen LogP contribution in [0.5, 0.6) is 0 Å². The molecule has 1 saturated heterocycles. The zero-order valence-electron chi connectivity index (χ0n) is 11.9. The van der Waals surface area contributed by atoms with Gasteiger partial charge in [0.1, 0.15) is 13.1 Å². The molecule has 0 aliphatic carbocycles. The molecule has 2 rings (SSSR count). The Bertz CT molecular complexity index is 553. The SMILES string of the molecule is Cc1ccc(N(CC(=O)O)C(=O)CN2CCCC2=O)cc1. The highest BCUT2D eigenvalue weighted by molar-refractivity contribution is 6.00. The van der Waals surface area contributed by atoms with Crippen LogP contribution in [0, 0.1) is 6.92 Å². The smallest absolute Gasteiger partial charge is 0.323 e. The predicted molar refractivity (Wildman–Crippen MR) is 77.0 cm³/mol. The number of hydrogen-bond acceptors (Lipinski definition) is 3. The Morgan fingerprint density at radius 2 is 1.95 bits per heavy atom. The van der Waals surface area contributed by atoms with E-state index < -0.39 is 12.5 Å². The fraction of sp³-hybridized carbons (Fsp3) is 0.400. The highest BCUT2D eigenvalue weighted by atomic mass is 16.4. The van der Waals surface area contributed by atoms with Gasteiger partial charge in [-0.25, -0.2) is 0 Å². The van der Waals surface area contributed by atoms with Crippen LogP contribution in [0.1, 0.15) is 18.4 Å². The summed E-state index contributed by atoms with van der Waals surface area (Å²) in [6.45, 7) is 1.99. The molecule has 1 aromatic rings. The summed E-state index contributed by atoms with van der Waals surface area (Å²) in [5.41, 5.74) is 1.55. The van der Waals surface area contributed by atoms with Crippen LogP contribution < -0.4 is 4.90 Å². The van der Waals surface area contributed by atoms with Crippen molar-refractivity contribution in [3.05, 3.63) is 29.8 Å². The summed E-state index contributed by atoms with van der Waals surface area (Å²) in [6, 6.07) is 7.06. The van der Waals surface area contributed by atoms with Crippen molar-refractivity contribution in [3.63, 3.8) is 0 Å². The van der Waals surface area contributed by atoms with E-state index in [4.69, 9.17) is 5.11 Å². The van der Waals surface area contributed by atoms with E-state index in [0.29, 0.717) is 18.7 Å². The van der Waals surface area contributed by atoms with Crippen molar-refractivity contribution < 1.29 is 19.5 Å². The second kappa shape index (κ2) is 6.39. The van der Waals surface area contributed by atoms with Gasteiger partial charge >= 0.3 is 5.97 Å². The van der Waals surface area contributed by atoms with Gasteiger partial charge in [0.15, 0.2) is 0 Å². The first kappa shape index (κ1) is 15.0. The molecule has 21 heavy (non-hydrogen) atoms. The molecule has 0 saturated carbocycles. The molecule has 6 nitrogen and oxygen atoms in total. The van der Waals surface area contributed by atoms with Crippen LogP contribution in [0.15, 0.2) is 24.3 Å². The second-order valence-corrected chi connectivity index (χ2v) is 5.13. The van der Waals surface area contributed by atoms with Gasteiger partial charge in [-0.1, -0.05) is 17.7 Å². The number of anilines is 1.